The lowest BCUT2D eigenvalue weighted by Crippen LogP contribution is -2.34. The molecule has 0 atom stereocenters. The highest BCUT2D eigenvalue weighted by Crippen LogP contribution is 2.31. The fourth-order valence-electron chi connectivity index (χ4n) is 1.67. The van der Waals surface area contributed by atoms with E-state index in [2.05, 4.69) is 0 Å². The number of rotatable bonds is 6. The summed E-state index contributed by atoms with van der Waals surface area (Å²) in [6, 6.07) is 2.87. The van der Waals surface area contributed by atoms with E-state index < -0.39 is 25.0 Å². The lowest BCUT2D eigenvalue weighted by atomic mass is 10.1. The fraction of sp³-hybridized carbons (Fsp3) is 0.333. The van der Waals surface area contributed by atoms with Crippen LogP contribution in [-0.4, -0.2) is 50.4 Å². The number of carbonyl (C=O) groups is 2. The molecular formula is C12H15NO6. The first-order valence-electron chi connectivity index (χ1n) is 5.47. The maximum absolute atomic E-state index is 10.7. The number of aliphatic carboxylic acids is 2. The summed E-state index contributed by atoms with van der Waals surface area (Å²) < 4.78 is 0. The Bertz CT molecular complexity index is 483. The van der Waals surface area contributed by atoms with Crippen LogP contribution in [0.1, 0.15) is 11.1 Å². The van der Waals surface area contributed by atoms with Crippen LogP contribution in [0.15, 0.2) is 12.1 Å². The average Bonchev–Trinajstić information content (AvgIpc) is 2.28. The Morgan fingerprint density at radius 1 is 1.11 bits per heavy atom. The third-order valence-electron chi connectivity index (χ3n) is 2.56. The average molecular weight is 269 g/mol. The Morgan fingerprint density at radius 2 is 1.63 bits per heavy atom. The van der Waals surface area contributed by atoms with Gasteiger partial charge in [0.2, 0.25) is 0 Å². The number of phenols is 2. The third kappa shape index (κ3) is 4.14. The lowest BCUT2D eigenvalue weighted by molar-refractivity contribution is -0.142. The van der Waals surface area contributed by atoms with Crippen LogP contribution in [0, 0.1) is 6.92 Å². The Morgan fingerprint density at radius 3 is 2.11 bits per heavy atom. The van der Waals surface area contributed by atoms with Crippen LogP contribution < -0.4 is 0 Å². The minimum absolute atomic E-state index is 0.113. The minimum Gasteiger partial charge on any atom is -0.507 e. The number of hydrogen-bond acceptors (Lipinski definition) is 5. The molecule has 0 fully saturated rings. The number of carboxylic acid groups (broad SMARTS) is 2. The normalized spacial score (nSPS) is 10.6. The SMILES string of the molecule is Cc1ccc(O)c(CN(CC(=O)O)CC(=O)O)c1O. The van der Waals surface area contributed by atoms with Gasteiger partial charge in [0.1, 0.15) is 11.5 Å². The van der Waals surface area contributed by atoms with Crippen LogP contribution in [0.5, 0.6) is 11.5 Å². The molecule has 0 radical (unpaired) electrons. The molecule has 1 rings (SSSR count). The molecule has 1 aromatic carbocycles. The Kier molecular flexibility index (Phi) is 4.71. The molecule has 0 heterocycles. The van der Waals surface area contributed by atoms with Gasteiger partial charge in [0.05, 0.1) is 13.1 Å². The largest absolute Gasteiger partial charge is 0.507 e. The molecule has 0 aromatic heterocycles. The van der Waals surface area contributed by atoms with Gasteiger partial charge in [0, 0.05) is 12.1 Å². The highest BCUT2D eigenvalue weighted by molar-refractivity contribution is 5.72. The Balaban J connectivity index is 2.98. The van der Waals surface area contributed by atoms with Crippen molar-refractivity contribution < 1.29 is 30.0 Å². The van der Waals surface area contributed by atoms with Gasteiger partial charge in [-0.3, -0.25) is 14.5 Å². The van der Waals surface area contributed by atoms with Crippen LogP contribution in [0.2, 0.25) is 0 Å². The summed E-state index contributed by atoms with van der Waals surface area (Å²) in [7, 11) is 0. The van der Waals surface area contributed by atoms with Gasteiger partial charge in [0.15, 0.2) is 0 Å². The van der Waals surface area contributed by atoms with Crippen LogP contribution in [0.4, 0.5) is 0 Å². The Hall–Kier alpha value is -2.28. The molecule has 1 aromatic rings. The van der Waals surface area contributed by atoms with Crippen molar-refractivity contribution in [3.63, 3.8) is 0 Å². The van der Waals surface area contributed by atoms with Gasteiger partial charge in [-0.15, -0.1) is 0 Å². The second-order valence-corrected chi connectivity index (χ2v) is 4.16. The summed E-state index contributed by atoms with van der Waals surface area (Å²) >= 11 is 0. The van der Waals surface area contributed by atoms with Gasteiger partial charge in [-0.1, -0.05) is 6.07 Å². The molecule has 7 nitrogen and oxygen atoms in total. The third-order valence-corrected chi connectivity index (χ3v) is 2.56. The van der Waals surface area contributed by atoms with Crippen molar-refractivity contribution >= 4 is 11.9 Å². The van der Waals surface area contributed by atoms with Crippen molar-refractivity contribution in [3.8, 4) is 11.5 Å². The summed E-state index contributed by atoms with van der Waals surface area (Å²) in [6.45, 7) is 0.452. The van der Waals surface area contributed by atoms with E-state index in [1.807, 2.05) is 0 Å². The molecule has 0 aliphatic heterocycles. The summed E-state index contributed by atoms with van der Waals surface area (Å²) in [4.78, 5) is 22.4. The first-order chi connectivity index (χ1) is 8.81. The maximum atomic E-state index is 10.7. The van der Waals surface area contributed by atoms with E-state index >= 15 is 0 Å². The molecule has 19 heavy (non-hydrogen) atoms. The standard InChI is InChI=1S/C12H15NO6/c1-7-2-3-9(14)8(12(7)19)4-13(5-10(15)16)6-11(17)18/h2-3,14,19H,4-6H2,1H3,(H,15,16)(H,17,18). The molecule has 0 spiro atoms. The van der Waals surface area contributed by atoms with Gasteiger partial charge < -0.3 is 20.4 Å². The molecule has 4 N–H and O–H groups in total. The molecule has 0 saturated carbocycles. The van der Waals surface area contributed by atoms with Crippen molar-refractivity contribution in [2.24, 2.45) is 0 Å². The zero-order valence-corrected chi connectivity index (χ0v) is 10.3. The topological polar surface area (TPSA) is 118 Å². The highest BCUT2D eigenvalue weighted by atomic mass is 16.4. The smallest absolute Gasteiger partial charge is 0.317 e. The summed E-state index contributed by atoms with van der Waals surface area (Å²) in [5.41, 5.74) is 0.626. The second-order valence-electron chi connectivity index (χ2n) is 4.16. The molecule has 7 heteroatoms. The zero-order chi connectivity index (χ0) is 14.6. The van der Waals surface area contributed by atoms with E-state index in [1.165, 1.54) is 12.1 Å². The van der Waals surface area contributed by atoms with Crippen LogP contribution in [0.25, 0.3) is 0 Å². The highest BCUT2D eigenvalue weighted by Gasteiger charge is 2.18. The molecular weight excluding hydrogens is 254 g/mol. The van der Waals surface area contributed by atoms with Gasteiger partial charge in [-0.05, 0) is 18.6 Å². The first kappa shape index (κ1) is 14.8. The lowest BCUT2D eigenvalue weighted by Gasteiger charge is -2.19. The van der Waals surface area contributed by atoms with Gasteiger partial charge >= 0.3 is 11.9 Å². The van der Waals surface area contributed by atoms with Crippen molar-refractivity contribution in [1.82, 2.24) is 4.90 Å². The number of benzene rings is 1. The number of nitrogens with zero attached hydrogens (tertiary/aromatic N) is 1. The van der Waals surface area contributed by atoms with E-state index in [-0.39, 0.29) is 23.6 Å². The van der Waals surface area contributed by atoms with E-state index in [1.54, 1.807) is 6.92 Å². The molecule has 0 aliphatic rings. The number of hydrogen-bond donors (Lipinski definition) is 4. The van der Waals surface area contributed by atoms with Crippen LogP contribution in [0.3, 0.4) is 0 Å². The van der Waals surface area contributed by atoms with Gasteiger partial charge in [-0.2, -0.15) is 0 Å². The minimum atomic E-state index is -1.19. The first-order valence-corrected chi connectivity index (χ1v) is 5.47. The zero-order valence-electron chi connectivity index (χ0n) is 10.3. The molecule has 0 unspecified atom stereocenters. The summed E-state index contributed by atoms with van der Waals surface area (Å²) in [5.74, 6) is -2.74. The van der Waals surface area contributed by atoms with Gasteiger partial charge in [-0.25, -0.2) is 0 Å². The van der Waals surface area contributed by atoms with Crippen molar-refractivity contribution in [3.05, 3.63) is 23.3 Å². The number of aromatic hydroxyl groups is 2. The number of carboxylic acids is 2. The number of phenolic OH excluding ortho intramolecular Hbond substituents is 2. The van der Waals surface area contributed by atoms with E-state index in [0.29, 0.717) is 5.56 Å². The quantitative estimate of drug-likeness (QED) is 0.589. The van der Waals surface area contributed by atoms with Gasteiger partial charge in [0.25, 0.3) is 0 Å². The molecule has 104 valence electrons. The van der Waals surface area contributed by atoms with E-state index in [9.17, 15) is 19.8 Å². The molecule has 0 amide bonds. The summed E-state index contributed by atoms with van der Waals surface area (Å²) in [5, 5.41) is 36.9. The molecule has 0 bridgehead atoms. The fourth-order valence-corrected chi connectivity index (χ4v) is 1.67. The molecule has 0 saturated heterocycles. The van der Waals surface area contributed by atoms with E-state index in [4.69, 9.17) is 10.2 Å². The Labute approximate surface area is 109 Å². The van der Waals surface area contributed by atoms with Crippen molar-refractivity contribution in [2.45, 2.75) is 13.5 Å². The summed E-state index contributed by atoms with van der Waals surface area (Å²) in [6.07, 6.45) is 0. The predicted octanol–water partition coefficient (Wildman–Crippen LogP) is 0.377. The predicted molar refractivity (Wildman–Crippen MR) is 65.1 cm³/mol. The second kappa shape index (κ2) is 6.05. The monoisotopic (exact) mass is 269 g/mol. The molecule has 0 aliphatic carbocycles. The van der Waals surface area contributed by atoms with Crippen LogP contribution >= 0.6 is 0 Å². The van der Waals surface area contributed by atoms with Crippen molar-refractivity contribution in [1.29, 1.82) is 0 Å². The van der Waals surface area contributed by atoms with Crippen molar-refractivity contribution in [2.75, 3.05) is 13.1 Å². The maximum Gasteiger partial charge on any atom is 0.317 e. The van der Waals surface area contributed by atoms with E-state index in [0.717, 1.165) is 4.90 Å². The number of aryl methyl sites for hydroxylation is 1. The van der Waals surface area contributed by atoms with Crippen LogP contribution in [-0.2, 0) is 16.1 Å².